The van der Waals surface area contributed by atoms with E-state index in [9.17, 15) is 4.79 Å². The molecule has 0 radical (unpaired) electrons. The molecule has 7 heteroatoms. The molecule has 4 heterocycles. The zero-order valence-corrected chi connectivity index (χ0v) is 16.5. The third-order valence-corrected chi connectivity index (χ3v) is 5.76. The number of amides is 1. The van der Waals surface area contributed by atoms with Gasteiger partial charge in [-0.25, -0.2) is 4.98 Å². The Hall–Kier alpha value is -3.35. The summed E-state index contributed by atoms with van der Waals surface area (Å²) in [5.74, 6) is 0.110. The number of anilines is 1. The standard InChI is InChI=1S/C22H24N6O/c1-26-18-12-15(22(29)27-10-4-2-3-5-11-27)6-8-17(18)21(25-26)19-13-24-20-9-7-16(23)14-28(19)20/h6-9,12-14H,2-5,10-11,23H2,1H3. The van der Waals surface area contributed by atoms with Crippen LogP contribution >= 0.6 is 0 Å². The van der Waals surface area contributed by atoms with Crippen molar-refractivity contribution in [1.82, 2.24) is 24.1 Å². The van der Waals surface area contributed by atoms with Crippen LogP contribution in [0.25, 0.3) is 27.9 Å². The van der Waals surface area contributed by atoms with Crippen LogP contribution in [-0.4, -0.2) is 43.1 Å². The van der Waals surface area contributed by atoms with E-state index in [4.69, 9.17) is 10.8 Å². The van der Waals surface area contributed by atoms with Gasteiger partial charge in [0.2, 0.25) is 0 Å². The van der Waals surface area contributed by atoms with Gasteiger partial charge in [0.25, 0.3) is 5.91 Å². The molecule has 1 amide bonds. The number of rotatable bonds is 2. The van der Waals surface area contributed by atoms with E-state index in [1.54, 1.807) is 0 Å². The molecule has 0 spiro atoms. The summed E-state index contributed by atoms with van der Waals surface area (Å²) >= 11 is 0. The molecule has 148 valence electrons. The fraction of sp³-hybridized carbons (Fsp3) is 0.318. The van der Waals surface area contributed by atoms with E-state index in [0.717, 1.165) is 59.4 Å². The second-order valence-electron chi connectivity index (χ2n) is 7.74. The SMILES string of the molecule is Cn1nc(-c2cnc3ccc(N)cn23)c2ccc(C(=O)N3CCCCCC3)cc21. The largest absolute Gasteiger partial charge is 0.398 e. The van der Waals surface area contributed by atoms with Crippen molar-refractivity contribution in [3.05, 3.63) is 48.3 Å². The normalized spacial score (nSPS) is 15.1. The summed E-state index contributed by atoms with van der Waals surface area (Å²) in [6.07, 6.45) is 8.25. The average Bonchev–Trinajstić information content (AvgIpc) is 3.15. The van der Waals surface area contributed by atoms with Gasteiger partial charge in [-0.2, -0.15) is 5.10 Å². The lowest BCUT2D eigenvalue weighted by atomic mass is 10.1. The number of nitrogen functional groups attached to an aromatic ring is 1. The molecule has 0 atom stereocenters. The number of aromatic nitrogens is 4. The molecule has 2 N–H and O–H groups in total. The number of nitrogens with two attached hydrogens (primary N) is 1. The minimum absolute atomic E-state index is 0.110. The van der Waals surface area contributed by atoms with E-state index >= 15 is 0 Å². The van der Waals surface area contributed by atoms with Crippen molar-refractivity contribution in [2.45, 2.75) is 25.7 Å². The van der Waals surface area contributed by atoms with Crippen molar-refractivity contribution in [2.75, 3.05) is 18.8 Å². The van der Waals surface area contributed by atoms with Crippen molar-refractivity contribution < 1.29 is 4.79 Å². The molecule has 1 saturated heterocycles. The number of aryl methyl sites for hydroxylation is 1. The summed E-state index contributed by atoms with van der Waals surface area (Å²) in [5, 5.41) is 5.72. The summed E-state index contributed by atoms with van der Waals surface area (Å²) in [6.45, 7) is 1.69. The summed E-state index contributed by atoms with van der Waals surface area (Å²) < 4.78 is 3.78. The molecular formula is C22H24N6O. The second kappa shape index (κ2) is 6.92. The quantitative estimate of drug-likeness (QED) is 0.570. The summed E-state index contributed by atoms with van der Waals surface area (Å²) in [7, 11) is 1.91. The maximum absolute atomic E-state index is 13.0. The van der Waals surface area contributed by atoms with Crippen molar-refractivity contribution in [3.63, 3.8) is 0 Å². The fourth-order valence-corrected chi connectivity index (χ4v) is 4.21. The fourth-order valence-electron chi connectivity index (χ4n) is 4.21. The Morgan fingerprint density at radius 1 is 1.07 bits per heavy atom. The highest BCUT2D eigenvalue weighted by atomic mass is 16.2. The molecule has 1 aromatic carbocycles. The first-order chi connectivity index (χ1) is 14.1. The van der Waals surface area contributed by atoms with Gasteiger partial charge in [0.05, 0.1) is 17.4 Å². The number of likely N-dealkylation sites (tertiary alicyclic amines) is 1. The number of pyridine rings is 1. The molecule has 1 aliphatic heterocycles. The van der Waals surface area contributed by atoms with Gasteiger partial charge >= 0.3 is 0 Å². The van der Waals surface area contributed by atoms with Crippen molar-refractivity contribution in [1.29, 1.82) is 0 Å². The molecule has 5 rings (SSSR count). The molecule has 3 aromatic heterocycles. The van der Waals surface area contributed by atoms with Crippen LogP contribution < -0.4 is 5.73 Å². The van der Waals surface area contributed by atoms with Crippen LogP contribution in [-0.2, 0) is 7.05 Å². The van der Waals surface area contributed by atoms with Crippen molar-refractivity contribution in [3.8, 4) is 11.4 Å². The van der Waals surface area contributed by atoms with Crippen LogP contribution in [0.3, 0.4) is 0 Å². The number of imidazole rings is 1. The first kappa shape index (κ1) is 17.7. The molecule has 1 aliphatic rings. The highest BCUT2D eigenvalue weighted by Crippen LogP contribution is 2.29. The number of carbonyl (C=O) groups excluding carboxylic acids is 1. The molecule has 0 unspecified atom stereocenters. The maximum atomic E-state index is 13.0. The Morgan fingerprint density at radius 3 is 2.66 bits per heavy atom. The van der Waals surface area contributed by atoms with Gasteiger partial charge in [0, 0.05) is 43.0 Å². The molecule has 29 heavy (non-hydrogen) atoms. The summed E-state index contributed by atoms with van der Waals surface area (Å²) in [4.78, 5) is 19.5. The number of hydrogen-bond acceptors (Lipinski definition) is 4. The molecular weight excluding hydrogens is 364 g/mol. The Morgan fingerprint density at radius 2 is 1.86 bits per heavy atom. The van der Waals surface area contributed by atoms with Crippen LogP contribution in [0.1, 0.15) is 36.0 Å². The Kier molecular flexibility index (Phi) is 4.23. The van der Waals surface area contributed by atoms with Gasteiger partial charge in [-0.1, -0.05) is 12.8 Å². The molecule has 7 nitrogen and oxygen atoms in total. The first-order valence-electron chi connectivity index (χ1n) is 10.1. The number of benzene rings is 1. The highest BCUT2D eigenvalue weighted by molar-refractivity contribution is 6.01. The Bertz CT molecular complexity index is 1210. The van der Waals surface area contributed by atoms with E-state index in [2.05, 4.69) is 4.98 Å². The van der Waals surface area contributed by atoms with Crippen LogP contribution in [0.5, 0.6) is 0 Å². The Labute approximate surface area is 168 Å². The van der Waals surface area contributed by atoms with Crippen molar-refractivity contribution >= 4 is 28.1 Å². The highest BCUT2D eigenvalue weighted by Gasteiger charge is 2.20. The van der Waals surface area contributed by atoms with E-state index in [-0.39, 0.29) is 5.91 Å². The van der Waals surface area contributed by atoms with Gasteiger partial charge in [-0.3, -0.25) is 13.9 Å². The second-order valence-corrected chi connectivity index (χ2v) is 7.74. The zero-order valence-electron chi connectivity index (χ0n) is 16.5. The molecule has 4 aromatic rings. The van der Waals surface area contributed by atoms with Gasteiger partial charge in [-0.15, -0.1) is 0 Å². The number of hydrogen-bond donors (Lipinski definition) is 1. The van der Waals surface area contributed by atoms with Crippen LogP contribution in [0, 0.1) is 0 Å². The first-order valence-corrected chi connectivity index (χ1v) is 10.1. The lowest BCUT2D eigenvalue weighted by Gasteiger charge is -2.20. The van der Waals surface area contributed by atoms with Gasteiger partial charge < -0.3 is 10.6 Å². The summed E-state index contributed by atoms with van der Waals surface area (Å²) in [6, 6.07) is 9.59. The lowest BCUT2D eigenvalue weighted by Crippen LogP contribution is -2.31. The van der Waals surface area contributed by atoms with Gasteiger partial charge in [0.1, 0.15) is 11.3 Å². The summed E-state index contributed by atoms with van der Waals surface area (Å²) in [5.41, 5.74) is 10.8. The number of nitrogens with zero attached hydrogens (tertiary/aromatic N) is 5. The molecule has 1 fully saturated rings. The molecule has 0 saturated carbocycles. The topological polar surface area (TPSA) is 81.5 Å². The van der Waals surface area contributed by atoms with Crippen LogP contribution in [0.15, 0.2) is 42.7 Å². The monoisotopic (exact) mass is 388 g/mol. The molecule has 0 bridgehead atoms. The van der Waals surface area contributed by atoms with E-state index in [0.29, 0.717) is 5.69 Å². The zero-order chi connectivity index (χ0) is 20.0. The number of fused-ring (bicyclic) bond motifs is 2. The molecule has 0 aliphatic carbocycles. The lowest BCUT2D eigenvalue weighted by molar-refractivity contribution is 0.0762. The van der Waals surface area contributed by atoms with E-state index in [1.807, 2.05) is 63.8 Å². The number of carbonyl (C=O) groups is 1. The maximum Gasteiger partial charge on any atom is 0.253 e. The van der Waals surface area contributed by atoms with E-state index in [1.165, 1.54) is 12.8 Å². The van der Waals surface area contributed by atoms with Crippen LogP contribution in [0.2, 0.25) is 0 Å². The van der Waals surface area contributed by atoms with Gasteiger partial charge in [-0.05, 0) is 43.2 Å². The van der Waals surface area contributed by atoms with Gasteiger partial charge in [0.15, 0.2) is 0 Å². The van der Waals surface area contributed by atoms with Crippen molar-refractivity contribution in [2.24, 2.45) is 7.05 Å². The third kappa shape index (κ3) is 3.03. The minimum atomic E-state index is 0.110. The predicted molar refractivity (Wildman–Crippen MR) is 114 cm³/mol. The smallest absolute Gasteiger partial charge is 0.253 e. The predicted octanol–water partition coefficient (Wildman–Crippen LogP) is 3.49. The Balaban J connectivity index is 1.57. The average molecular weight is 388 g/mol. The third-order valence-electron chi connectivity index (χ3n) is 5.76. The van der Waals surface area contributed by atoms with E-state index < -0.39 is 0 Å². The van der Waals surface area contributed by atoms with Crippen LogP contribution in [0.4, 0.5) is 5.69 Å². The minimum Gasteiger partial charge on any atom is -0.398 e.